The highest BCUT2D eigenvalue weighted by atomic mass is 16.5. The Bertz CT molecular complexity index is 1150. The van der Waals surface area contributed by atoms with Gasteiger partial charge in [0, 0.05) is 5.39 Å². The number of amides is 2. The van der Waals surface area contributed by atoms with Crippen molar-refractivity contribution < 1.29 is 14.3 Å². The number of hydrogen-bond donors (Lipinski definition) is 2. The summed E-state index contributed by atoms with van der Waals surface area (Å²) in [7, 11) is 1.64. The third kappa shape index (κ3) is 3.89. The summed E-state index contributed by atoms with van der Waals surface area (Å²) in [6, 6.07) is 15.4. The Morgan fingerprint density at radius 2 is 1.90 bits per heavy atom. The minimum atomic E-state index is -0.573. The van der Waals surface area contributed by atoms with Crippen molar-refractivity contribution in [3.63, 3.8) is 0 Å². The van der Waals surface area contributed by atoms with Gasteiger partial charge in [0.1, 0.15) is 5.75 Å². The first-order valence-corrected chi connectivity index (χ1v) is 9.90. The predicted octanol–water partition coefficient (Wildman–Crippen LogP) is 3.34. The van der Waals surface area contributed by atoms with Gasteiger partial charge in [-0.05, 0) is 60.2 Å². The molecule has 1 aliphatic carbocycles. The highest BCUT2D eigenvalue weighted by molar-refractivity contribution is 6.09. The van der Waals surface area contributed by atoms with E-state index in [9.17, 15) is 9.59 Å². The molecule has 2 amide bonds. The minimum Gasteiger partial charge on any atom is -0.497 e. The predicted molar refractivity (Wildman–Crippen MR) is 117 cm³/mol. The molecule has 6 nitrogen and oxygen atoms in total. The van der Waals surface area contributed by atoms with Gasteiger partial charge in [-0.3, -0.25) is 9.59 Å². The lowest BCUT2D eigenvalue weighted by atomic mass is 9.85. The van der Waals surface area contributed by atoms with Crippen LogP contribution in [-0.2, 0) is 11.2 Å². The van der Waals surface area contributed by atoms with Gasteiger partial charge < -0.3 is 15.8 Å². The van der Waals surface area contributed by atoms with Crippen molar-refractivity contribution >= 4 is 34.4 Å². The zero-order chi connectivity index (χ0) is 21.1. The van der Waals surface area contributed by atoms with Crippen LogP contribution in [-0.4, -0.2) is 30.5 Å². The molecular weight excluding hydrogens is 378 g/mol. The fourth-order valence-corrected chi connectivity index (χ4v) is 3.89. The summed E-state index contributed by atoms with van der Waals surface area (Å²) in [4.78, 5) is 29.1. The summed E-state index contributed by atoms with van der Waals surface area (Å²) in [5.41, 5.74) is 10.5. The van der Waals surface area contributed by atoms with Gasteiger partial charge in [0.15, 0.2) is 0 Å². The molecule has 30 heavy (non-hydrogen) atoms. The third-order valence-electron chi connectivity index (χ3n) is 5.28. The number of nitrogens with one attached hydrogen (secondary N) is 1. The zero-order valence-electron chi connectivity index (χ0n) is 16.8. The number of fused-ring (bicyclic) bond motifs is 2. The van der Waals surface area contributed by atoms with Crippen LogP contribution in [0.5, 0.6) is 5.75 Å². The summed E-state index contributed by atoms with van der Waals surface area (Å²) in [6.45, 7) is -0.196. The molecule has 1 heterocycles. The van der Waals surface area contributed by atoms with Gasteiger partial charge in [-0.15, -0.1) is 0 Å². The first-order valence-electron chi connectivity index (χ1n) is 9.90. The molecule has 6 heteroatoms. The van der Waals surface area contributed by atoms with Crippen molar-refractivity contribution in [2.45, 2.75) is 19.3 Å². The fraction of sp³-hybridized carbons (Fsp3) is 0.208. The van der Waals surface area contributed by atoms with E-state index >= 15 is 0 Å². The Hall–Kier alpha value is -3.67. The topological polar surface area (TPSA) is 94.3 Å². The van der Waals surface area contributed by atoms with Crippen LogP contribution in [0.4, 0.5) is 0 Å². The smallest absolute Gasteiger partial charge is 0.252 e. The van der Waals surface area contributed by atoms with Crippen LogP contribution in [0.3, 0.4) is 0 Å². The molecule has 0 aliphatic heterocycles. The third-order valence-corrected chi connectivity index (χ3v) is 5.28. The van der Waals surface area contributed by atoms with Crippen LogP contribution in [0.1, 0.15) is 40.0 Å². The maximum atomic E-state index is 13.0. The lowest BCUT2D eigenvalue weighted by Crippen LogP contribution is -2.34. The second kappa shape index (κ2) is 8.37. The normalized spacial score (nSPS) is 14.4. The van der Waals surface area contributed by atoms with Crippen molar-refractivity contribution in [3.05, 3.63) is 70.9 Å². The second-order valence-corrected chi connectivity index (χ2v) is 7.28. The van der Waals surface area contributed by atoms with Crippen LogP contribution in [0.25, 0.3) is 22.6 Å². The number of rotatable bonds is 5. The van der Waals surface area contributed by atoms with Gasteiger partial charge in [-0.1, -0.05) is 30.3 Å². The van der Waals surface area contributed by atoms with Crippen molar-refractivity contribution in [3.8, 4) is 5.75 Å². The molecule has 152 valence electrons. The van der Waals surface area contributed by atoms with Crippen LogP contribution < -0.4 is 15.8 Å². The van der Waals surface area contributed by atoms with Crippen LogP contribution in [0.15, 0.2) is 48.5 Å². The summed E-state index contributed by atoms with van der Waals surface area (Å²) in [5.74, 6) is -0.0660. The Morgan fingerprint density at radius 3 is 2.63 bits per heavy atom. The molecule has 3 aromatic rings. The molecule has 1 aromatic heterocycles. The molecule has 0 radical (unpaired) electrons. The lowest BCUT2D eigenvalue weighted by molar-refractivity contribution is -0.117. The number of nitrogens with two attached hydrogens (primary N) is 1. The average molecular weight is 401 g/mol. The van der Waals surface area contributed by atoms with E-state index in [2.05, 4.69) is 11.4 Å². The molecule has 3 N–H and O–H groups in total. The Morgan fingerprint density at radius 1 is 1.13 bits per heavy atom. The molecule has 0 unspecified atom stereocenters. The largest absolute Gasteiger partial charge is 0.497 e. The molecule has 0 spiro atoms. The molecule has 0 saturated heterocycles. The number of ether oxygens (including phenoxy) is 1. The summed E-state index contributed by atoms with van der Waals surface area (Å²) >= 11 is 0. The number of aromatic nitrogens is 1. The van der Waals surface area contributed by atoms with E-state index in [0.717, 1.165) is 58.3 Å². The highest BCUT2D eigenvalue weighted by Gasteiger charge is 2.25. The van der Waals surface area contributed by atoms with E-state index in [1.54, 1.807) is 7.11 Å². The fourth-order valence-electron chi connectivity index (χ4n) is 3.89. The quantitative estimate of drug-likeness (QED) is 0.686. The van der Waals surface area contributed by atoms with Gasteiger partial charge in [0.2, 0.25) is 5.91 Å². The number of carbonyl (C=O) groups excluding carboxylic acids is 2. The first kappa shape index (κ1) is 19.6. The SMILES string of the molecule is COc1ccc(/C=C2\CCCc3c2nc2ccccc2c3C(=O)NCC(N)=O)cc1. The number of pyridine rings is 1. The maximum absolute atomic E-state index is 13.0. The van der Waals surface area contributed by atoms with E-state index in [0.29, 0.717) is 5.56 Å². The first-order chi connectivity index (χ1) is 14.6. The standard InChI is InChI=1S/C24H23N3O3/c1-30-17-11-9-15(10-12-17)13-16-5-4-7-19-22(24(29)26-14-21(25)28)18-6-2-3-8-20(18)27-23(16)19/h2-3,6,8-13H,4-5,7,14H2,1H3,(H2,25,28)(H,26,29)/b16-13+. The van der Waals surface area contributed by atoms with E-state index in [1.165, 1.54) is 0 Å². The molecule has 0 bridgehead atoms. The van der Waals surface area contributed by atoms with Crippen molar-refractivity contribution in [2.24, 2.45) is 5.73 Å². The van der Waals surface area contributed by atoms with Gasteiger partial charge in [-0.2, -0.15) is 0 Å². The monoisotopic (exact) mass is 401 g/mol. The van der Waals surface area contributed by atoms with Crippen molar-refractivity contribution in [1.82, 2.24) is 10.3 Å². The number of benzene rings is 2. The Kier molecular flexibility index (Phi) is 5.48. The van der Waals surface area contributed by atoms with Gasteiger partial charge >= 0.3 is 0 Å². The molecule has 0 atom stereocenters. The van der Waals surface area contributed by atoms with E-state index in [4.69, 9.17) is 15.5 Å². The number of primary amides is 1. The molecule has 0 fully saturated rings. The van der Waals surface area contributed by atoms with E-state index in [-0.39, 0.29) is 12.5 Å². The summed E-state index contributed by atoms with van der Waals surface area (Å²) < 4.78 is 5.24. The van der Waals surface area contributed by atoms with Gasteiger partial charge in [-0.25, -0.2) is 4.98 Å². The molecular formula is C24H23N3O3. The Labute approximate surface area is 174 Å². The number of nitrogens with zero attached hydrogens (tertiary/aromatic N) is 1. The van der Waals surface area contributed by atoms with E-state index in [1.807, 2.05) is 48.5 Å². The van der Waals surface area contributed by atoms with Crippen LogP contribution in [0, 0.1) is 0 Å². The molecule has 0 saturated carbocycles. The molecule has 4 rings (SSSR count). The summed E-state index contributed by atoms with van der Waals surface area (Å²) in [6.07, 6.45) is 4.68. The van der Waals surface area contributed by atoms with Gasteiger partial charge in [0.25, 0.3) is 5.91 Å². The Balaban J connectivity index is 1.84. The summed E-state index contributed by atoms with van der Waals surface area (Å²) in [5, 5.41) is 3.42. The average Bonchev–Trinajstić information content (AvgIpc) is 2.76. The second-order valence-electron chi connectivity index (χ2n) is 7.28. The number of allylic oxidation sites excluding steroid dienone is 1. The number of carbonyl (C=O) groups is 2. The zero-order valence-corrected chi connectivity index (χ0v) is 16.8. The number of methoxy groups -OCH3 is 1. The minimum absolute atomic E-state index is 0.196. The highest BCUT2D eigenvalue weighted by Crippen LogP contribution is 2.36. The number of para-hydroxylation sites is 1. The van der Waals surface area contributed by atoms with Crippen LogP contribution >= 0.6 is 0 Å². The van der Waals surface area contributed by atoms with Crippen molar-refractivity contribution in [1.29, 1.82) is 0 Å². The number of hydrogen-bond acceptors (Lipinski definition) is 4. The van der Waals surface area contributed by atoms with Crippen molar-refractivity contribution in [2.75, 3.05) is 13.7 Å². The lowest BCUT2D eigenvalue weighted by Gasteiger charge is -2.22. The molecule has 1 aliphatic rings. The maximum Gasteiger partial charge on any atom is 0.252 e. The van der Waals surface area contributed by atoms with Crippen LogP contribution in [0.2, 0.25) is 0 Å². The van der Waals surface area contributed by atoms with E-state index < -0.39 is 5.91 Å². The molecule has 2 aromatic carbocycles. The van der Waals surface area contributed by atoms with Gasteiger partial charge in [0.05, 0.1) is 30.4 Å².